The number of benzene rings is 1. The SMILES string of the molecule is CCNC(C)c1cccn1Cc1ccccc1CC(=O)O. The van der Waals surface area contributed by atoms with Gasteiger partial charge in [0.25, 0.3) is 0 Å². The summed E-state index contributed by atoms with van der Waals surface area (Å²) in [5, 5.41) is 12.4. The third-order valence-corrected chi connectivity index (χ3v) is 3.62. The van der Waals surface area contributed by atoms with Crippen LogP contribution >= 0.6 is 0 Å². The molecule has 0 aliphatic carbocycles. The molecule has 0 aliphatic heterocycles. The predicted molar refractivity (Wildman–Crippen MR) is 83.4 cm³/mol. The maximum atomic E-state index is 11.0. The van der Waals surface area contributed by atoms with E-state index in [0.717, 1.165) is 17.7 Å². The molecule has 1 atom stereocenters. The molecule has 4 nitrogen and oxygen atoms in total. The van der Waals surface area contributed by atoms with Gasteiger partial charge in [-0.05, 0) is 36.7 Å². The Bertz CT molecular complexity index is 604. The third-order valence-electron chi connectivity index (χ3n) is 3.62. The summed E-state index contributed by atoms with van der Waals surface area (Å²) < 4.78 is 2.17. The van der Waals surface area contributed by atoms with Crippen molar-refractivity contribution in [3.63, 3.8) is 0 Å². The van der Waals surface area contributed by atoms with Gasteiger partial charge in [-0.2, -0.15) is 0 Å². The number of rotatable bonds is 7. The summed E-state index contributed by atoms with van der Waals surface area (Å²) in [6.45, 7) is 5.84. The lowest BCUT2D eigenvalue weighted by Crippen LogP contribution is -2.21. The van der Waals surface area contributed by atoms with E-state index in [4.69, 9.17) is 5.11 Å². The molecular weight excluding hydrogens is 264 g/mol. The number of hydrogen-bond acceptors (Lipinski definition) is 2. The van der Waals surface area contributed by atoms with E-state index in [1.165, 1.54) is 5.69 Å². The molecule has 0 bridgehead atoms. The van der Waals surface area contributed by atoms with Gasteiger partial charge in [-0.1, -0.05) is 31.2 Å². The molecule has 2 rings (SSSR count). The first-order valence-corrected chi connectivity index (χ1v) is 7.28. The number of carboxylic acid groups (broad SMARTS) is 1. The van der Waals surface area contributed by atoms with Crippen LogP contribution in [0.5, 0.6) is 0 Å². The average molecular weight is 286 g/mol. The van der Waals surface area contributed by atoms with E-state index in [1.54, 1.807) is 0 Å². The highest BCUT2D eigenvalue weighted by molar-refractivity contribution is 5.70. The first kappa shape index (κ1) is 15.3. The predicted octanol–water partition coefficient (Wildman–Crippen LogP) is 2.83. The van der Waals surface area contributed by atoms with Crippen molar-refractivity contribution in [1.29, 1.82) is 0 Å². The van der Waals surface area contributed by atoms with Gasteiger partial charge in [-0.3, -0.25) is 4.79 Å². The Kier molecular flexibility index (Phi) is 5.17. The minimum atomic E-state index is -0.795. The molecule has 4 heteroatoms. The molecule has 0 radical (unpaired) electrons. The zero-order valence-electron chi connectivity index (χ0n) is 12.5. The Morgan fingerprint density at radius 2 is 1.95 bits per heavy atom. The van der Waals surface area contributed by atoms with Gasteiger partial charge in [0.05, 0.1) is 6.42 Å². The fourth-order valence-electron chi connectivity index (χ4n) is 2.61. The van der Waals surface area contributed by atoms with Crippen molar-refractivity contribution in [2.75, 3.05) is 6.54 Å². The highest BCUT2D eigenvalue weighted by atomic mass is 16.4. The lowest BCUT2D eigenvalue weighted by molar-refractivity contribution is -0.136. The topological polar surface area (TPSA) is 54.3 Å². The van der Waals surface area contributed by atoms with Crippen LogP contribution in [0.4, 0.5) is 0 Å². The quantitative estimate of drug-likeness (QED) is 0.823. The zero-order valence-corrected chi connectivity index (χ0v) is 12.5. The van der Waals surface area contributed by atoms with E-state index in [1.807, 2.05) is 36.5 Å². The second kappa shape index (κ2) is 7.09. The summed E-state index contributed by atoms with van der Waals surface area (Å²) in [4.78, 5) is 11.0. The van der Waals surface area contributed by atoms with Crippen LogP contribution in [0.2, 0.25) is 0 Å². The first-order chi connectivity index (χ1) is 10.1. The van der Waals surface area contributed by atoms with Crippen molar-refractivity contribution in [1.82, 2.24) is 9.88 Å². The molecule has 1 heterocycles. The average Bonchev–Trinajstić information content (AvgIpc) is 2.89. The number of carbonyl (C=O) groups is 1. The second-order valence-electron chi connectivity index (χ2n) is 5.18. The Morgan fingerprint density at radius 1 is 1.24 bits per heavy atom. The maximum absolute atomic E-state index is 11.0. The van der Waals surface area contributed by atoms with Crippen LogP contribution in [-0.4, -0.2) is 22.2 Å². The van der Waals surface area contributed by atoms with E-state index in [0.29, 0.717) is 6.54 Å². The molecule has 0 aliphatic rings. The molecule has 2 aromatic rings. The van der Waals surface area contributed by atoms with Crippen LogP contribution in [-0.2, 0) is 17.8 Å². The molecule has 0 amide bonds. The van der Waals surface area contributed by atoms with Gasteiger partial charge in [0, 0.05) is 24.5 Å². The normalized spacial score (nSPS) is 12.3. The van der Waals surface area contributed by atoms with Crippen molar-refractivity contribution >= 4 is 5.97 Å². The first-order valence-electron chi connectivity index (χ1n) is 7.28. The van der Waals surface area contributed by atoms with Crippen LogP contribution in [0.3, 0.4) is 0 Å². The summed E-state index contributed by atoms with van der Waals surface area (Å²) in [5.74, 6) is -0.795. The van der Waals surface area contributed by atoms with Crippen molar-refractivity contribution < 1.29 is 9.90 Å². The van der Waals surface area contributed by atoms with Crippen molar-refractivity contribution in [2.24, 2.45) is 0 Å². The molecule has 1 aromatic carbocycles. The molecule has 112 valence electrons. The smallest absolute Gasteiger partial charge is 0.307 e. The van der Waals surface area contributed by atoms with E-state index in [-0.39, 0.29) is 12.5 Å². The highest BCUT2D eigenvalue weighted by Crippen LogP contribution is 2.17. The minimum Gasteiger partial charge on any atom is -0.481 e. The number of nitrogens with one attached hydrogen (secondary N) is 1. The fraction of sp³-hybridized carbons (Fsp3) is 0.353. The zero-order chi connectivity index (χ0) is 15.2. The summed E-state index contributed by atoms with van der Waals surface area (Å²) >= 11 is 0. The Balaban J connectivity index is 2.23. The van der Waals surface area contributed by atoms with E-state index in [9.17, 15) is 4.79 Å². The van der Waals surface area contributed by atoms with Gasteiger partial charge >= 0.3 is 5.97 Å². The molecular formula is C17H22N2O2. The largest absolute Gasteiger partial charge is 0.481 e. The number of aromatic nitrogens is 1. The van der Waals surface area contributed by atoms with Gasteiger partial charge in [-0.25, -0.2) is 0 Å². The lowest BCUT2D eigenvalue weighted by atomic mass is 10.0. The number of carboxylic acids is 1. The van der Waals surface area contributed by atoms with E-state index in [2.05, 4.69) is 29.8 Å². The number of aliphatic carboxylic acids is 1. The van der Waals surface area contributed by atoms with Gasteiger partial charge in [0.1, 0.15) is 0 Å². The van der Waals surface area contributed by atoms with Crippen molar-refractivity contribution in [2.45, 2.75) is 32.9 Å². The van der Waals surface area contributed by atoms with Gasteiger partial charge in [0.2, 0.25) is 0 Å². The summed E-state index contributed by atoms with van der Waals surface area (Å²) in [5.41, 5.74) is 3.14. The standard InChI is InChI=1S/C17H22N2O2/c1-3-18-13(2)16-9-6-10-19(16)12-15-8-5-4-7-14(15)11-17(20)21/h4-10,13,18H,3,11-12H2,1-2H3,(H,20,21). The van der Waals surface area contributed by atoms with Crippen LogP contribution in [0.15, 0.2) is 42.6 Å². The van der Waals surface area contributed by atoms with Crippen molar-refractivity contribution in [3.05, 3.63) is 59.4 Å². The summed E-state index contributed by atoms with van der Waals surface area (Å²) in [6, 6.07) is 12.1. The van der Waals surface area contributed by atoms with Gasteiger partial charge < -0.3 is 15.0 Å². The van der Waals surface area contributed by atoms with Crippen LogP contribution in [0.1, 0.15) is 36.7 Å². The maximum Gasteiger partial charge on any atom is 0.307 e. The van der Waals surface area contributed by atoms with Crippen molar-refractivity contribution in [3.8, 4) is 0 Å². The number of nitrogens with zero attached hydrogens (tertiary/aromatic N) is 1. The van der Waals surface area contributed by atoms with Crippen LogP contribution in [0, 0.1) is 0 Å². The second-order valence-corrected chi connectivity index (χ2v) is 5.18. The molecule has 21 heavy (non-hydrogen) atoms. The molecule has 0 saturated carbocycles. The van der Waals surface area contributed by atoms with Crippen LogP contribution < -0.4 is 5.32 Å². The summed E-state index contributed by atoms with van der Waals surface area (Å²) in [7, 11) is 0. The Hall–Kier alpha value is -2.07. The van der Waals surface area contributed by atoms with Gasteiger partial charge in [-0.15, -0.1) is 0 Å². The monoisotopic (exact) mass is 286 g/mol. The molecule has 2 N–H and O–H groups in total. The molecule has 0 fully saturated rings. The molecule has 0 spiro atoms. The van der Waals surface area contributed by atoms with E-state index >= 15 is 0 Å². The molecule has 0 saturated heterocycles. The molecule has 1 aromatic heterocycles. The Morgan fingerprint density at radius 3 is 2.62 bits per heavy atom. The van der Waals surface area contributed by atoms with Gasteiger partial charge in [0.15, 0.2) is 0 Å². The lowest BCUT2D eigenvalue weighted by Gasteiger charge is -2.17. The summed E-state index contributed by atoms with van der Waals surface area (Å²) in [6.07, 6.45) is 2.11. The Labute approximate surface area is 125 Å². The fourth-order valence-corrected chi connectivity index (χ4v) is 2.61. The highest BCUT2D eigenvalue weighted by Gasteiger charge is 2.11. The van der Waals surface area contributed by atoms with E-state index < -0.39 is 5.97 Å². The minimum absolute atomic E-state index is 0.0650. The molecule has 1 unspecified atom stereocenters. The number of hydrogen-bond donors (Lipinski definition) is 2. The van der Waals surface area contributed by atoms with Crippen LogP contribution in [0.25, 0.3) is 0 Å². The third kappa shape index (κ3) is 3.95.